The van der Waals surface area contributed by atoms with E-state index in [-0.39, 0.29) is 0 Å². The molecule has 2 aliphatic rings. The van der Waals surface area contributed by atoms with Gasteiger partial charge in [0.25, 0.3) is 0 Å². The summed E-state index contributed by atoms with van der Waals surface area (Å²) in [6.45, 7) is 16.7. The Kier molecular flexibility index (Phi) is 4.11. The minimum Gasteiger partial charge on any atom is -0.309 e. The van der Waals surface area contributed by atoms with Gasteiger partial charge >= 0.3 is 0 Å². The quantitative estimate of drug-likeness (QED) is 0.803. The summed E-state index contributed by atoms with van der Waals surface area (Å²) in [5, 5.41) is 3.59. The number of nitrogens with zero attached hydrogens (tertiary/aromatic N) is 2. The first kappa shape index (κ1) is 13.3. The molecule has 3 nitrogen and oxygen atoms in total. The summed E-state index contributed by atoms with van der Waals surface area (Å²) in [5.41, 5.74) is 0.300. The number of nitrogens with one attached hydrogen (secondary N) is 1. The molecular weight excluding hydrogens is 210 g/mol. The fraction of sp³-hybridized carbons (Fsp3) is 1.00. The van der Waals surface area contributed by atoms with Crippen LogP contribution in [0.3, 0.4) is 0 Å². The van der Waals surface area contributed by atoms with E-state index in [1.165, 1.54) is 39.1 Å². The molecule has 17 heavy (non-hydrogen) atoms. The van der Waals surface area contributed by atoms with Gasteiger partial charge in [-0.25, -0.2) is 0 Å². The lowest BCUT2D eigenvalue weighted by atomic mass is 10.0. The van der Waals surface area contributed by atoms with Crippen LogP contribution in [0.15, 0.2) is 0 Å². The third kappa shape index (κ3) is 3.67. The third-order valence-corrected chi connectivity index (χ3v) is 4.21. The normalized spacial score (nSPS) is 31.2. The maximum absolute atomic E-state index is 3.59. The van der Waals surface area contributed by atoms with Gasteiger partial charge in [-0.15, -0.1) is 0 Å². The first-order valence-electron chi connectivity index (χ1n) is 7.18. The summed E-state index contributed by atoms with van der Waals surface area (Å²) in [4.78, 5) is 5.28. The molecule has 0 aromatic carbocycles. The molecule has 0 bridgehead atoms. The number of rotatable bonds is 3. The Morgan fingerprint density at radius 2 is 2.06 bits per heavy atom. The first-order chi connectivity index (χ1) is 7.96. The zero-order valence-electron chi connectivity index (χ0n) is 12.0. The molecule has 0 saturated carbocycles. The number of hydrogen-bond acceptors (Lipinski definition) is 3. The zero-order chi connectivity index (χ0) is 12.5. The molecule has 0 amide bonds. The highest BCUT2D eigenvalue weighted by molar-refractivity contribution is 4.89. The molecule has 2 fully saturated rings. The fourth-order valence-corrected chi connectivity index (χ4v) is 3.25. The SMILES string of the molecule is CC(C)N1CCC(CN2CCNC(C)(C)C2)C1. The number of likely N-dealkylation sites (tertiary alicyclic amines) is 1. The second kappa shape index (κ2) is 5.25. The molecule has 2 saturated heterocycles. The molecule has 0 aromatic rings. The van der Waals surface area contributed by atoms with Gasteiger partial charge < -0.3 is 10.2 Å². The van der Waals surface area contributed by atoms with Gasteiger partial charge in [-0.05, 0) is 46.6 Å². The van der Waals surface area contributed by atoms with Crippen molar-refractivity contribution in [3.8, 4) is 0 Å². The summed E-state index contributed by atoms with van der Waals surface area (Å²) in [7, 11) is 0. The molecule has 1 unspecified atom stereocenters. The standard InChI is InChI=1S/C14H29N3/c1-12(2)17-7-5-13(10-17)9-16-8-6-15-14(3,4)11-16/h12-13,15H,5-11H2,1-4H3. The molecule has 2 rings (SSSR count). The van der Waals surface area contributed by atoms with Crippen molar-refractivity contribution in [2.75, 3.05) is 39.3 Å². The Hall–Kier alpha value is -0.120. The van der Waals surface area contributed by atoms with Crippen molar-refractivity contribution >= 4 is 0 Å². The molecule has 1 N–H and O–H groups in total. The average Bonchev–Trinajstić information content (AvgIpc) is 2.64. The van der Waals surface area contributed by atoms with Crippen molar-refractivity contribution in [1.29, 1.82) is 0 Å². The van der Waals surface area contributed by atoms with Crippen LogP contribution < -0.4 is 5.32 Å². The van der Waals surface area contributed by atoms with Crippen LogP contribution in [0.5, 0.6) is 0 Å². The van der Waals surface area contributed by atoms with Gasteiger partial charge in [0.2, 0.25) is 0 Å². The summed E-state index contributed by atoms with van der Waals surface area (Å²) >= 11 is 0. The van der Waals surface area contributed by atoms with Crippen molar-refractivity contribution in [1.82, 2.24) is 15.1 Å². The second-order valence-corrected chi connectivity index (χ2v) is 6.79. The van der Waals surface area contributed by atoms with Crippen LogP contribution in [-0.4, -0.2) is 60.6 Å². The van der Waals surface area contributed by atoms with Crippen LogP contribution >= 0.6 is 0 Å². The van der Waals surface area contributed by atoms with Crippen molar-refractivity contribution in [3.05, 3.63) is 0 Å². The smallest absolute Gasteiger partial charge is 0.0252 e. The van der Waals surface area contributed by atoms with Crippen LogP contribution in [0.2, 0.25) is 0 Å². The molecule has 100 valence electrons. The van der Waals surface area contributed by atoms with Crippen LogP contribution in [-0.2, 0) is 0 Å². The zero-order valence-corrected chi connectivity index (χ0v) is 12.0. The molecule has 0 radical (unpaired) electrons. The predicted molar refractivity (Wildman–Crippen MR) is 73.3 cm³/mol. The van der Waals surface area contributed by atoms with Crippen molar-refractivity contribution < 1.29 is 0 Å². The van der Waals surface area contributed by atoms with Crippen molar-refractivity contribution in [3.63, 3.8) is 0 Å². The van der Waals surface area contributed by atoms with Crippen molar-refractivity contribution in [2.45, 2.75) is 45.7 Å². The molecule has 2 aliphatic heterocycles. The fourth-order valence-electron chi connectivity index (χ4n) is 3.25. The summed E-state index contributed by atoms with van der Waals surface area (Å²) in [6, 6.07) is 0.722. The molecule has 1 atom stereocenters. The Labute approximate surface area is 107 Å². The minimum atomic E-state index is 0.300. The molecule has 3 heteroatoms. The Balaban J connectivity index is 1.78. The average molecular weight is 239 g/mol. The first-order valence-corrected chi connectivity index (χ1v) is 7.18. The highest BCUT2D eigenvalue weighted by Gasteiger charge is 2.30. The van der Waals surface area contributed by atoms with Gasteiger partial charge in [-0.3, -0.25) is 4.90 Å². The van der Waals surface area contributed by atoms with Gasteiger partial charge in [0.15, 0.2) is 0 Å². The Morgan fingerprint density at radius 1 is 1.29 bits per heavy atom. The molecule has 0 aromatic heterocycles. The predicted octanol–water partition coefficient (Wildman–Crippen LogP) is 1.40. The van der Waals surface area contributed by atoms with E-state index in [2.05, 4.69) is 42.8 Å². The topological polar surface area (TPSA) is 18.5 Å². The maximum Gasteiger partial charge on any atom is 0.0252 e. The van der Waals surface area contributed by atoms with Crippen molar-refractivity contribution in [2.24, 2.45) is 5.92 Å². The highest BCUT2D eigenvalue weighted by Crippen LogP contribution is 2.21. The molecule has 0 aliphatic carbocycles. The van der Waals surface area contributed by atoms with E-state index in [4.69, 9.17) is 0 Å². The van der Waals surface area contributed by atoms with Gasteiger partial charge in [0.1, 0.15) is 0 Å². The highest BCUT2D eigenvalue weighted by atomic mass is 15.2. The van der Waals surface area contributed by atoms with Crippen LogP contribution in [0.25, 0.3) is 0 Å². The molecule has 0 spiro atoms. The number of hydrogen-bond donors (Lipinski definition) is 1. The summed E-state index contributed by atoms with van der Waals surface area (Å²) in [6.07, 6.45) is 1.39. The van der Waals surface area contributed by atoms with E-state index < -0.39 is 0 Å². The minimum absolute atomic E-state index is 0.300. The van der Waals surface area contributed by atoms with Gasteiger partial charge in [0.05, 0.1) is 0 Å². The van der Waals surface area contributed by atoms with E-state index in [1.54, 1.807) is 0 Å². The van der Waals surface area contributed by atoms with E-state index >= 15 is 0 Å². The Morgan fingerprint density at radius 3 is 2.65 bits per heavy atom. The molecular formula is C14H29N3. The second-order valence-electron chi connectivity index (χ2n) is 6.79. The van der Waals surface area contributed by atoms with Gasteiger partial charge in [-0.2, -0.15) is 0 Å². The lowest BCUT2D eigenvalue weighted by Gasteiger charge is -2.40. The van der Waals surface area contributed by atoms with E-state index in [9.17, 15) is 0 Å². The lowest BCUT2D eigenvalue weighted by molar-refractivity contribution is 0.134. The molecule has 2 heterocycles. The van der Waals surface area contributed by atoms with Crippen LogP contribution in [0.1, 0.15) is 34.1 Å². The van der Waals surface area contributed by atoms with Gasteiger partial charge in [0, 0.05) is 44.3 Å². The monoisotopic (exact) mass is 239 g/mol. The van der Waals surface area contributed by atoms with Gasteiger partial charge in [-0.1, -0.05) is 0 Å². The summed E-state index contributed by atoms with van der Waals surface area (Å²) in [5.74, 6) is 0.895. The van der Waals surface area contributed by atoms with Crippen LogP contribution in [0.4, 0.5) is 0 Å². The van der Waals surface area contributed by atoms with E-state index in [0.717, 1.165) is 18.5 Å². The maximum atomic E-state index is 3.59. The summed E-state index contributed by atoms with van der Waals surface area (Å²) < 4.78 is 0. The largest absolute Gasteiger partial charge is 0.309 e. The lowest BCUT2D eigenvalue weighted by Crippen LogP contribution is -2.57. The van der Waals surface area contributed by atoms with Crippen LogP contribution in [0, 0.1) is 5.92 Å². The third-order valence-electron chi connectivity index (χ3n) is 4.21. The van der Waals surface area contributed by atoms with E-state index in [0.29, 0.717) is 5.54 Å². The Bertz CT molecular complexity index is 250. The number of piperazine rings is 1. The van der Waals surface area contributed by atoms with E-state index in [1.807, 2.05) is 0 Å².